The average Bonchev–Trinajstić information content (AvgIpc) is 2.26. The van der Waals surface area contributed by atoms with Gasteiger partial charge in [0.2, 0.25) is 15.9 Å². The number of nitrogens with zero attached hydrogens (tertiary/aromatic N) is 1. The molecule has 1 N–H and O–H groups in total. The van der Waals surface area contributed by atoms with Crippen molar-refractivity contribution in [3.05, 3.63) is 0 Å². The molecule has 0 radical (unpaired) electrons. The van der Waals surface area contributed by atoms with Gasteiger partial charge in [-0.2, -0.15) is 0 Å². The van der Waals surface area contributed by atoms with Gasteiger partial charge in [0.15, 0.2) is 0 Å². The minimum atomic E-state index is -3.10. The van der Waals surface area contributed by atoms with Crippen molar-refractivity contribution in [3.8, 4) is 0 Å². The number of piperidine rings is 1. The standard InChI is InChI=1S/C11H22N2O4S/c1-9(2)17-8-11(14)12-10-4-6-13(7-5-10)18(3,15)16/h9-10H,4-8H2,1-3H3,(H,12,14). The van der Waals surface area contributed by atoms with Gasteiger partial charge in [-0.1, -0.05) is 0 Å². The van der Waals surface area contributed by atoms with E-state index < -0.39 is 10.0 Å². The Morgan fingerprint density at radius 3 is 2.39 bits per heavy atom. The molecule has 0 unspecified atom stereocenters. The van der Waals surface area contributed by atoms with Crippen molar-refractivity contribution in [2.24, 2.45) is 0 Å². The predicted molar refractivity (Wildman–Crippen MR) is 68.7 cm³/mol. The van der Waals surface area contributed by atoms with E-state index >= 15 is 0 Å². The number of amides is 1. The molecular formula is C11H22N2O4S. The SMILES string of the molecule is CC(C)OCC(=O)NC1CCN(S(C)(=O)=O)CC1. The van der Waals surface area contributed by atoms with E-state index in [4.69, 9.17) is 4.74 Å². The maximum atomic E-state index is 11.5. The van der Waals surface area contributed by atoms with Crippen molar-refractivity contribution in [3.63, 3.8) is 0 Å². The Hall–Kier alpha value is -0.660. The Kier molecular flexibility index (Phi) is 5.55. The molecule has 0 aliphatic carbocycles. The van der Waals surface area contributed by atoms with Crippen LogP contribution in [-0.4, -0.2) is 56.7 Å². The van der Waals surface area contributed by atoms with Gasteiger partial charge in [-0.05, 0) is 26.7 Å². The van der Waals surface area contributed by atoms with E-state index in [1.165, 1.54) is 10.6 Å². The van der Waals surface area contributed by atoms with Crippen LogP contribution < -0.4 is 5.32 Å². The maximum Gasteiger partial charge on any atom is 0.246 e. The first kappa shape index (κ1) is 15.4. The summed E-state index contributed by atoms with van der Waals surface area (Å²) in [4.78, 5) is 11.5. The van der Waals surface area contributed by atoms with Crippen molar-refractivity contribution in [1.82, 2.24) is 9.62 Å². The number of carbonyl (C=O) groups excluding carboxylic acids is 1. The van der Waals surface area contributed by atoms with Crippen LogP contribution in [0.25, 0.3) is 0 Å². The summed E-state index contributed by atoms with van der Waals surface area (Å²) in [7, 11) is -3.10. The first-order valence-electron chi connectivity index (χ1n) is 6.15. The summed E-state index contributed by atoms with van der Waals surface area (Å²) in [6.45, 7) is 4.74. The summed E-state index contributed by atoms with van der Waals surface area (Å²) in [5.41, 5.74) is 0. The van der Waals surface area contributed by atoms with Crippen LogP contribution in [0.5, 0.6) is 0 Å². The molecule has 0 aromatic carbocycles. The van der Waals surface area contributed by atoms with Crippen LogP contribution >= 0.6 is 0 Å². The summed E-state index contributed by atoms with van der Waals surface area (Å²) in [6, 6.07) is 0.0475. The van der Waals surface area contributed by atoms with E-state index in [1.54, 1.807) is 0 Å². The average molecular weight is 278 g/mol. The Labute approximate surface area is 109 Å². The molecule has 1 heterocycles. The van der Waals surface area contributed by atoms with Crippen molar-refractivity contribution in [1.29, 1.82) is 0 Å². The highest BCUT2D eigenvalue weighted by atomic mass is 32.2. The lowest BCUT2D eigenvalue weighted by Crippen LogP contribution is -2.47. The summed E-state index contributed by atoms with van der Waals surface area (Å²) in [5.74, 6) is -0.137. The number of rotatable bonds is 5. The minimum Gasteiger partial charge on any atom is -0.369 e. The van der Waals surface area contributed by atoms with Gasteiger partial charge >= 0.3 is 0 Å². The van der Waals surface area contributed by atoms with Crippen LogP contribution in [0.2, 0.25) is 0 Å². The van der Waals surface area contributed by atoms with Crippen LogP contribution in [0.4, 0.5) is 0 Å². The number of nitrogens with one attached hydrogen (secondary N) is 1. The van der Waals surface area contributed by atoms with E-state index in [1.807, 2.05) is 13.8 Å². The monoisotopic (exact) mass is 278 g/mol. The second-order valence-corrected chi connectivity index (χ2v) is 6.85. The molecule has 0 aromatic heterocycles. The van der Waals surface area contributed by atoms with Gasteiger partial charge in [0.05, 0.1) is 12.4 Å². The summed E-state index contributed by atoms with van der Waals surface area (Å²) < 4.78 is 29.3. The molecule has 1 aliphatic heterocycles. The van der Waals surface area contributed by atoms with Gasteiger partial charge in [-0.25, -0.2) is 12.7 Å². The molecule has 18 heavy (non-hydrogen) atoms. The Balaban J connectivity index is 2.29. The zero-order chi connectivity index (χ0) is 13.8. The second kappa shape index (κ2) is 6.49. The topological polar surface area (TPSA) is 75.7 Å². The molecule has 6 nitrogen and oxygen atoms in total. The minimum absolute atomic E-state index is 0.0304. The van der Waals surface area contributed by atoms with Gasteiger partial charge in [0.1, 0.15) is 6.61 Å². The Morgan fingerprint density at radius 1 is 1.39 bits per heavy atom. The smallest absolute Gasteiger partial charge is 0.246 e. The fourth-order valence-electron chi connectivity index (χ4n) is 1.84. The Morgan fingerprint density at radius 2 is 1.94 bits per heavy atom. The van der Waals surface area contributed by atoms with Gasteiger partial charge in [0.25, 0.3) is 0 Å². The largest absolute Gasteiger partial charge is 0.369 e. The summed E-state index contributed by atoms with van der Waals surface area (Å²) in [6.07, 6.45) is 2.55. The van der Waals surface area contributed by atoms with Crippen LogP contribution in [-0.2, 0) is 19.6 Å². The molecule has 0 spiro atoms. The number of sulfonamides is 1. The molecule has 0 saturated carbocycles. The lowest BCUT2D eigenvalue weighted by atomic mass is 10.1. The second-order valence-electron chi connectivity index (χ2n) is 4.86. The first-order chi connectivity index (χ1) is 8.29. The molecule has 1 amide bonds. The van der Waals surface area contributed by atoms with Crippen molar-refractivity contribution >= 4 is 15.9 Å². The molecule has 0 atom stereocenters. The van der Waals surface area contributed by atoms with Crippen LogP contribution in [0.15, 0.2) is 0 Å². The zero-order valence-corrected chi connectivity index (χ0v) is 12.0. The molecule has 106 valence electrons. The van der Waals surface area contributed by atoms with Crippen LogP contribution in [0.1, 0.15) is 26.7 Å². The normalized spacial score (nSPS) is 19.1. The fraction of sp³-hybridized carbons (Fsp3) is 0.909. The number of hydrogen-bond acceptors (Lipinski definition) is 4. The number of ether oxygens (including phenoxy) is 1. The van der Waals surface area contributed by atoms with Gasteiger partial charge in [-0.3, -0.25) is 4.79 Å². The lowest BCUT2D eigenvalue weighted by Gasteiger charge is -2.30. The Bertz CT molecular complexity index is 373. The summed E-state index contributed by atoms with van der Waals surface area (Å²) >= 11 is 0. The molecule has 0 bridgehead atoms. The van der Waals surface area contributed by atoms with Crippen LogP contribution in [0.3, 0.4) is 0 Å². The van der Waals surface area contributed by atoms with E-state index in [-0.39, 0.29) is 24.7 Å². The van der Waals surface area contributed by atoms with E-state index in [2.05, 4.69) is 5.32 Å². The van der Waals surface area contributed by atoms with E-state index in [9.17, 15) is 13.2 Å². The summed E-state index contributed by atoms with van der Waals surface area (Å²) in [5, 5.41) is 2.86. The van der Waals surface area contributed by atoms with E-state index in [0.29, 0.717) is 25.9 Å². The highest BCUT2D eigenvalue weighted by Crippen LogP contribution is 2.13. The molecule has 1 saturated heterocycles. The third kappa shape index (κ3) is 5.32. The number of carbonyl (C=O) groups is 1. The number of hydrogen-bond donors (Lipinski definition) is 1. The van der Waals surface area contributed by atoms with E-state index in [0.717, 1.165) is 0 Å². The van der Waals surface area contributed by atoms with Crippen molar-refractivity contribution in [2.75, 3.05) is 26.0 Å². The molecule has 1 aliphatic rings. The van der Waals surface area contributed by atoms with Gasteiger partial charge in [-0.15, -0.1) is 0 Å². The fourth-order valence-corrected chi connectivity index (χ4v) is 2.72. The van der Waals surface area contributed by atoms with Crippen LogP contribution in [0, 0.1) is 0 Å². The van der Waals surface area contributed by atoms with Crippen molar-refractivity contribution in [2.45, 2.75) is 38.8 Å². The van der Waals surface area contributed by atoms with Gasteiger partial charge < -0.3 is 10.1 Å². The molecular weight excluding hydrogens is 256 g/mol. The maximum absolute atomic E-state index is 11.5. The lowest BCUT2D eigenvalue weighted by molar-refractivity contribution is -0.128. The third-order valence-electron chi connectivity index (χ3n) is 2.84. The zero-order valence-electron chi connectivity index (χ0n) is 11.2. The van der Waals surface area contributed by atoms with Crippen molar-refractivity contribution < 1.29 is 17.9 Å². The molecule has 1 fully saturated rings. The highest BCUT2D eigenvalue weighted by molar-refractivity contribution is 7.88. The van der Waals surface area contributed by atoms with Gasteiger partial charge in [0, 0.05) is 19.1 Å². The first-order valence-corrected chi connectivity index (χ1v) is 8.00. The highest BCUT2D eigenvalue weighted by Gasteiger charge is 2.25. The molecule has 0 aromatic rings. The third-order valence-corrected chi connectivity index (χ3v) is 4.14. The predicted octanol–water partition coefficient (Wildman–Crippen LogP) is -0.0484. The quantitative estimate of drug-likeness (QED) is 0.765. The molecule has 1 rings (SSSR count). The molecule has 7 heteroatoms.